The van der Waals surface area contributed by atoms with Gasteiger partial charge in [-0.3, -0.25) is 14.7 Å². The van der Waals surface area contributed by atoms with Crippen molar-refractivity contribution in [1.29, 1.82) is 0 Å². The summed E-state index contributed by atoms with van der Waals surface area (Å²) in [6.07, 6.45) is 0. The van der Waals surface area contributed by atoms with Gasteiger partial charge in [-0.25, -0.2) is 14.5 Å². The number of para-hydroxylation sites is 3. The van der Waals surface area contributed by atoms with Gasteiger partial charge in [-0.1, -0.05) is 48.5 Å². The number of hydrogen-bond donors (Lipinski definition) is 3. The van der Waals surface area contributed by atoms with Crippen molar-refractivity contribution in [2.45, 2.75) is 0 Å². The van der Waals surface area contributed by atoms with Crippen LogP contribution in [0, 0.1) is 0 Å². The predicted molar refractivity (Wildman–Crippen MR) is 127 cm³/mol. The first kappa shape index (κ1) is 21.0. The van der Waals surface area contributed by atoms with Gasteiger partial charge in [0.05, 0.1) is 22.3 Å². The van der Waals surface area contributed by atoms with Gasteiger partial charge in [-0.15, -0.1) is 0 Å². The third kappa shape index (κ3) is 4.22. The van der Waals surface area contributed by atoms with Crippen molar-refractivity contribution < 1.29 is 14.3 Å². The molecule has 5 rings (SSSR count). The van der Waals surface area contributed by atoms with E-state index < -0.39 is 18.5 Å². The van der Waals surface area contributed by atoms with Gasteiger partial charge in [0.25, 0.3) is 11.5 Å². The van der Waals surface area contributed by atoms with Crippen LogP contribution in [0.2, 0.25) is 0 Å². The molecule has 2 aromatic heterocycles. The molecule has 3 aromatic carbocycles. The van der Waals surface area contributed by atoms with Crippen LogP contribution >= 0.6 is 0 Å². The highest BCUT2D eigenvalue weighted by molar-refractivity contribution is 5.99. The average Bonchev–Trinajstić information content (AvgIpc) is 3.46. The maximum atomic E-state index is 12.7. The second kappa shape index (κ2) is 8.91. The maximum Gasteiger partial charge on any atom is 0.339 e. The number of imidazole rings is 1. The SMILES string of the molecule is O=C(COC(=O)c1ccccc1-c1nc2ccccc2[nH]1)Nc1cc(=O)n(-c2ccccc2)[nH]1. The Morgan fingerprint density at radius 3 is 2.50 bits per heavy atom. The second-order valence-corrected chi connectivity index (χ2v) is 7.45. The summed E-state index contributed by atoms with van der Waals surface area (Å²) in [5, 5.41) is 5.34. The van der Waals surface area contributed by atoms with E-state index in [0.717, 1.165) is 11.0 Å². The number of hydrogen-bond acceptors (Lipinski definition) is 5. The molecule has 0 fully saturated rings. The van der Waals surface area contributed by atoms with Crippen molar-refractivity contribution in [1.82, 2.24) is 19.7 Å². The first-order chi connectivity index (χ1) is 16.6. The van der Waals surface area contributed by atoms with Gasteiger partial charge in [0, 0.05) is 11.6 Å². The van der Waals surface area contributed by atoms with Crippen LogP contribution in [-0.4, -0.2) is 38.2 Å². The van der Waals surface area contributed by atoms with Crippen LogP contribution in [-0.2, 0) is 9.53 Å². The normalized spacial score (nSPS) is 10.8. The number of amides is 1. The van der Waals surface area contributed by atoms with Gasteiger partial charge in [0.15, 0.2) is 6.61 Å². The van der Waals surface area contributed by atoms with E-state index in [0.29, 0.717) is 17.1 Å². The zero-order chi connectivity index (χ0) is 23.5. The molecular weight excluding hydrogens is 434 g/mol. The van der Waals surface area contributed by atoms with Crippen LogP contribution in [0.25, 0.3) is 28.1 Å². The van der Waals surface area contributed by atoms with Crippen molar-refractivity contribution >= 4 is 28.7 Å². The lowest BCUT2D eigenvalue weighted by atomic mass is 10.1. The van der Waals surface area contributed by atoms with Crippen LogP contribution < -0.4 is 10.9 Å². The number of H-pyrrole nitrogens is 2. The molecule has 0 spiro atoms. The molecule has 0 aliphatic carbocycles. The zero-order valence-corrected chi connectivity index (χ0v) is 17.8. The molecule has 0 saturated carbocycles. The number of anilines is 1. The number of carbonyl (C=O) groups excluding carboxylic acids is 2. The van der Waals surface area contributed by atoms with Crippen molar-refractivity contribution in [3.05, 3.63) is 101 Å². The van der Waals surface area contributed by atoms with E-state index in [1.165, 1.54) is 10.7 Å². The summed E-state index contributed by atoms with van der Waals surface area (Å²) in [5.41, 5.74) is 2.75. The third-order valence-electron chi connectivity index (χ3n) is 5.13. The summed E-state index contributed by atoms with van der Waals surface area (Å²) in [7, 11) is 0. The van der Waals surface area contributed by atoms with Gasteiger partial charge in [0.2, 0.25) is 0 Å². The molecule has 0 aliphatic rings. The number of carbonyl (C=O) groups is 2. The summed E-state index contributed by atoms with van der Waals surface area (Å²) >= 11 is 0. The number of rotatable bonds is 6. The summed E-state index contributed by atoms with van der Waals surface area (Å²) in [5.74, 6) is -0.534. The highest BCUT2D eigenvalue weighted by Crippen LogP contribution is 2.24. The topological polar surface area (TPSA) is 122 Å². The number of esters is 1. The molecule has 0 bridgehead atoms. The lowest BCUT2D eigenvalue weighted by Gasteiger charge is -2.08. The predicted octanol–water partition coefficient (Wildman–Crippen LogP) is 3.50. The highest BCUT2D eigenvalue weighted by atomic mass is 16.5. The molecule has 168 valence electrons. The molecule has 2 heterocycles. The summed E-state index contributed by atoms with van der Waals surface area (Å²) in [4.78, 5) is 45.0. The summed E-state index contributed by atoms with van der Waals surface area (Å²) in [6, 6.07) is 24.6. The van der Waals surface area contributed by atoms with E-state index in [4.69, 9.17) is 4.74 Å². The van der Waals surface area contributed by atoms with Crippen molar-refractivity contribution in [3.8, 4) is 17.1 Å². The van der Waals surface area contributed by atoms with Crippen molar-refractivity contribution in [2.24, 2.45) is 0 Å². The van der Waals surface area contributed by atoms with Crippen LogP contribution in [0.3, 0.4) is 0 Å². The smallest absolute Gasteiger partial charge is 0.339 e. The van der Waals surface area contributed by atoms with E-state index in [1.54, 1.807) is 48.5 Å². The fourth-order valence-electron chi connectivity index (χ4n) is 3.57. The second-order valence-electron chi connectivity index (χ2n) is 7.45. The van der Waals surface area contributed by atoms with E-state index in [-0.39, 0.29) is 16.9 Å². The minimum atomic E-state index is -0.665. The Kier molecular flexibility index (Phi) is 5.49. The lowest BCUT2D eigenvalue weighted by molar-refractivity contribution is -0.119. The van der Waals surface area contributed by atoms with Crippen molar-refractivity contribution in [2.75, 3.05) is 11.9 Å². The average molecular weight is 453 g/mol. The lowest BCUT2D eigenvalue weighted by Crippen LogP contribution is -2.21. The van der Waals surface area contributed by atoms with E-state index in [9.17, 15) is 14.4 Å². The quantitative estimate of drug-likeness (QED) is 0.340. The molecule has 0 radical (unpaired) electrons. The molecule has 0 unspecified atom stereocenters. The number of nitrogens with one attached hydrogen (secondary N) is 3. The first-order valence-corrected chi connectivity index (χ1v) is 10.5. The molecule has 9 heteroatoms. The van der Waals surface area contributed by atoms with Gasteiger partial charge in [-0.2, -0.15) is 0 Å². The van der Waals surface area contributed by atoms with Gasteiger partial charge in [0.1, 0.15) is 11.6 Å². The minimum absolute atomic E-state index is 0.192. The zero-order valence-electron chi connectivity index (χ0n) is 17.8. The van der Waals surface area contributed by atoms with Crippen LogP contribution in [0.4, 0.5) is 5.82 Å². The van der Waals surface area contributed by atoms with Crippen molar-refractivity contribution in [3.63, 3.8) is 0 Å². The van der Waals surface area contributed by atoms with E-state index in [2.05, 4.69) is 20.4 Å². The Morgan fingerprint density at radius 2 is 1.68 bits per heavy atom. The minimum Gasteiger partial charge on any atom is -0.452 e. The fourth-order valence-corrected chi connectivity index (χ4v) is 3.57. The van der Waals surface area contributed by atoms with Gasteiger partial charge in [-0.05, 0) is 30.3 Å². The van der Waals surface area contributed by atoms with Gasteiger partial charge >= 0.3 is 5.97 Å². The monoisotopic (exact) mass is 453 g/mol. The molecule has 0 aliphatic heterocycles. The third-order valence-corrected chi connectivity index (χ3v) is 5.13. The maximum absolute atomic E-state index is 12.7. The Hall–Kier alpha value is -4.92. The summed E-state index contributed by atoms with van der Waals surface area (Å²) in [6.45, 7) is -0.522. The molecule has 34 heavy (non-hydrogen) atoms. The number of aromatic amines is 2. The molecule has 0 saturated heterocycles. The number of ether oxygens (including phenoxy) is 1. The molecule has 9 nitrogen and oxygen atoms in total. The Balaban J connectivity index is 1.27. The van der Waals surface area contributed by atoms with E-state index >= 15 is 0 Å². The molecular formula is C25H19N5O4. The number of aromatic nitrogens is 4. The Morgan fingerprint density at radius 1 is 0.941 bits per heavy atom. The fraction of sp³-hybridized carbons (Fsp3) is 0.0400. The number of fused-ring (bicyclic) bond motifs is 1. The highest BCUT2D eigenvalue weighted by Gasteiger charge is 2.18. The molecule has 3 N–H and O–H groups in total. The van der Waals surface area contributed by atoms with E-state index in [1.807, 2.05) is 30.3 Å². The van der Waals surface area contributed by atoms with Gasteiger partial charge < -0.3 is 15.0 Å². The molecule has 5 aromatic rings. The summed E-state index contributed by atoms with van der Waals surface area (Å²) < 4.78 is 6.53. The number of benzene rings is 3. The first-order valence-electron chi connectivity index (χ1n) is 10.5. The Labute approximate surface area is 193 Å². The number of nitrogens with zero attached hydrogens (tertiary/aromatic N) is 2. The molecule has 1 amide bonds. The Bertz CT molecular complexity index is 1520. The van der Waals surface area contributed by atoms with Crippen LogP contribution in [0.5, 0.6) is 0 Å². The molecule has 0 atom stereocenters. The van der Waals surface area contributed by atoms with Crippen LogP contribution in [0.1, 0.15) is 10.4 Å². The standard InChI is InChI=1S/C25H19N5O4/c31-22(28-21-14-23(32)30(29-21)16-8-2-1-3-9-16)15-34-25(33)18-11-5-4-10-17(18)24-26-19-12-6-7-13-20(19)27-24/h1-14,29H,15H2,(H,26,27)(H,28,31). The van der Waals surface area contributed by atoms with Crippen LogP contribution in [0.15, 0.2) is 89.7 Å². The largest absolute Gasteiger partial charge is 0.452 e.